The minimum Gasteiger partial charge on any atom is -0.372 e. The number of aromatic nitrogens is 5. The first-order valence-corrected chi connectivity index (χ1v) is 14.3. The van der Waals surface area contributed by atoms with E-state index in [0.717, 1.165) is 53.7 Å². The van der Waals surface area contributed by atoms with Crippen LogP contribution >= 0.6 is 11.3 Å². The lowest BCUT2D eigenvalue weighted by molar-refractivity contribution is -0.117. The fourth-order valence-corrected chi connectivity index (χ4v) is 6.22. The van der Waals surface area contributed by atoms with Crippen LogP contribution in [0.1, 0.15) is 54.0 Å². The molecule has 204 valence electrons. The molecule has 0 aromatic carbocycles. The number of pyridine rings is 1. The van der Waals surface area contributed by atoms with Gasteiger partial charge in [0.15, 0.2) is 0 Å². The summed E-state index contributed by atoms with van der Waals surface area (Å²) in [6.07, 6.45) is 12.9. The number of carbonyl (C=O) groups is 2. The molecule has 0 aliphatic carbocycles. The van der Waals surface area contributed by atoms with E-state index in [0.29, 0.717) is 42.4 Å². The summed E-state index contributed by atoms with van der Waals surface area (Å²) in [6, 6.07) is 1.76. The molecule has 0 bridgehead atoms. The molecule has 39 heavy (non-hydrogen) atoms. The van der Waals surface area contributed by atoms with Crippen molar-refractivity contribution in [3.63, 3.8) is 0 Å². The molecule has 2 aliphatic rings. The molecule has 0 unspecified atom stereocenters. The molecule has 1 saturated heterocycles. The zero-order chi connectivity index (χ0) is 26.8. The van der Waals surface area contributed by atoms with Crippen LogP contribution in [-0.4, -0.2) is 67.1 Å². The van der Waals surface area contributed by atoms with Crippen LogP contribution in [0.4, 0.5) is 11.4 Å². The summed E-state index contributed by atoms with van der Waals surface area (Å²) in [5.41, 5.74) is 3.23. The second-order valence-electron chi connectivity index (χ2n) is 10.1. The van der Waals surface area contributed by atoms with Gasteiger partial charge in [0, 0.05) is 12.7 Å². The van der Waals surface area contributed by atoms with Gasteiger partial charge >= 0.3 is 0 Å². The molecule has 6 rings (SSSR count). The standard InChI is InChI=1S/C27H32N8O3S/c1-18-21(11-19(12-28-18)31-25(36)16-33-7-5-3-2-4-6-8-33)32-26(37)20-13-30-35-15-23(39-27(20)35)22-14-29-24-17-38-10-9-34(22)24/h11-15H,2-10,16-17H2,1H3,(H,31,36)(H,32,37). The Balaban J connectivity index is 1.15. The quantitative estimate of drug-likeness (QED) is 0.375. The molecule has 0 atom stereocenters. The number of carbonyl (C=O) groups excluding carboxylic acids is 2. The Hall–Kier alpha value is -3.61. The zero-order valence-corrected chi connectivity index (χ0v) is 22.8. The number of imidazole rings is 1. The Morgan fingerprint density at radius 2 is 1.85 bits per heavy atom. The molecule has 0 saturated carbocycles. The van der Waals surface area contributed by atoms with Crippen molar-refractivity contribution in [1.29, 1.82) is 0 Å². The van der Waals surface area contributed by atoms with E-state index in [9.17, 15) is 9.59 Å². The number of rotatable bonds is 6. The summed E-state index contributed by atoms with van der Waals surface area (Å²) in [5, 5.41) is 10.3. The summed E-state index contributed by atoms with van der Waals surface area (Å²) in [4.78, 5) is 38.9. The van der Waals surface area contributed by atoms with Crippen molar-refractivity contribution in [2.45, 2.75) is 52.2 Å². The van der Waals surface area contributed by atoms with E-state index in [4.69, 9.17) is 4.74 Å². The normalized spacial score (nSPS) is 16.4. The first kappa shape index (κ1) is 25.7. The second kappa shape index (κ2) is 11.2. The molecule has 0 radical (unpaired) electrons. The number of fused-ring (bicyclic) bond motifs is 2. The Bertz CT molecular complexity index is 1500. The largest absolute Gasteiger partial charge is 0.372 e. The molecule has 4 aromatic heterocycles. The molecule has 2 N–H and O–H groups in total. The van der Waals surface area contributed by atoms with E-state index in [-0.39, 0.29) is 11.8 Å². The third kappa shape index (κ3) is 5.58. The van der Waals surface area contributed by atoms with Gasteiger partial charge in [-0.3, -0.25) is 19.5 Å². The smallest absolute Gasteiger partial charge is 0.260 e. The monoisotopic (exact) mass is 548 g/mol. The van der Waals surface area contributed by atoms with Crippen LogP contribution in [0, 0.1) is 6.92 Å². The molecule has 1 fully saturated rings. The van der Waals surface area contributed by atoms with Crippen LogP contribution in [0.2, 0.25) is 0 Å². The first-order chi connectivity index (χ1) is 19.0. The summed E-state index contributed by atoms with van der Waals surface area (Å²) in [7, 11) is 0. The highest BCUT2D eigenvalue weighted by Crippen LogP contribution is 2.32. The molecular weight excluding hydrogens is 516 g/mol. The van der Waals surface area contributed by atoms with Gasteiger partial charge in [-0.15, -0.1) is 11.3 Å². The van der Waals surface area contributed by atoms with Crippen LogP contribution in [0.3, 0.4) is 0 Å². The molecule has 4 aromatic rings. The molecule has 12 heteroatoms. The van der Waals surface area contributed by atoms with Crippen molar-refractivity contribution in [3.8, 4) is 10.6 Å². The number of nitrogens with one attached hydrogen (secondary N) is 2. The van der Waals surface area contributed by atoms with Crippen molar-refractivity contribution in [2.24, 2.45) is 0 Å². The average molecular weight is 549 g/mol. The minimum absolute atomic E-state index is 0.0726. The molecular formula is C27H32N8O3S. The summed E-state index contributed by atoms with van der Waals surface area (Å²) in [6.45, 7) is 5.98. The highest BCUT2D eigenvalue weighted by molar-refractivity contribution is 7.21. The lowest BCUT2D eigenvalue weighted by Crippen LogP contribution is -2.35. The number of likely N-dealkylation sites (tertiary alicyclic amines) is 1. The van der Waals surface area contributed by atoms with E-state index in [1.54, 1.807) is 23.0 Å². The Morgan fingerprint density at radius 1 is 1.03 bits per heavy atom. The summed E-state index contributed by atoms with van der Waals surface area (Å²) < 4.78 is 9.37. The molecule has 6 heterocycles. The number of aryl methyl sites for hydroxylation is 1. The molecule has 2 amide bonds. The summed E-state index contributed by atoms with van der Waals surface area (Å²) >= 11 is 1.50. The van der Waals surface area contributed by atoms with E-state index < -0.39 is 0 Å². The van der Waals surface area contributed by atoms with Crippen molar-refractivity contribution >= 4 is 39.4 Å². The predicted octanol–water partition coefficient (Wildman–Crippen LogP) is 3.95. The van der Waals surface area contributed by atoms with Crippen molar-refractivity contribution in [2.75, 3.05) is 36.9 Å². The number of ether oxygens (including phenoxy) is 1. The molecule has 0 spiro atoms. The topological polar surface area (TPSA) is 119 Å². The van der Waals surface area contributed by atoms with Crippen LogP contribution in [-0.2, 0) is 22.7 Å². The van der Waals surface area contributed by atoms with Crippen LogP contribution in [0.5, 0.6) is 0 Å². The van der Waals surface area contributed by atoms with Gasteiger partial charge in [0.25, 0.3) is 5.91 Å². The maximum Gasteiger partial charge on any atom is 0.260 e. The van der Waals surface area contributed by atoms with Gasteiger partial charge < -0.3 is 19.9 Å². The number of anilines is 2. The van der Waals surface area contributed by atoms with Crippen LogP contribution in [0.15, 0.2) is 30.9 Å². The third-order valence-corrected chi connectivity index (χ3v) is 8.39. The second-order valence-corrected chi connectivity index (χ2v) is 11.1. The van der Waals surface area contributed by atoms with E-state index in [2.05, 4.69) is 35.2 Å². The lowest BCUT2D eigenvalue weighted by atomic mass is 10.1. The first-order valence-electron chi connectivity index (χ1n) is 13.4. The number of nitrogens with zero attached hydrogens (tertiary/aromatic N) is 6. The van der Waals surface area contributed by atoms with E-state index in [1.165, 1.54) is 30.6 Å². The maximum absolute atomic E-state index is 13.3. The molecule has 11 nitrogen and oxygen atoms in total. The Kier molecular flexibility index (Phi) is 7.40. The minimum atomic E-state index is -0.281. The van der Waals surface area contributed by atoms with Crippen molar-refractivity contribution in [1.82, 2.24) is 29.0 Å². The SMILES string of the molecule is Cc1ncc(NC(=O)CN2CCCCCCC2)cc1NC(=O)c1cnn2cc(-c3cnc4n3CCOC4)sc12. The van der Waals surface area contributed by atoms with Gasteiger partial charge in [-0.1, -0.05) is 19.3 Å². The number of hydrogen-bond acceptors (Lipinski definition) is 8. The van der Waals surface area contributed by atoms with Gasteiger partial charge in [-0.05, 0) is 38.9 Å². The van der Waals surface area contributed by atoms with Crippen LogP contribution in [0.25, 0.3) is 15.4 Å². The number of hydrogen-bond donors (Lipinski definition) is 2. The van der Waals surface area contributed by atoms with Gasteiger partial charge in [0.1, 0.15) is 17.3 Å². The Morgan fingerprint density at radius 3 is 2.69 bits per heavy atom. The van der Waals surface area contributed by atoms with E-state index in [1.807, 2.05) is 19.3 Å². The third-order valence-electron chi connectivity index (χ3n) is 7.26. The van der Waals surface area contributed by atoms with Crippen LogP contribution < -0.4 is 10.6 Å². The van der Waals surface area contributed by atoms with Gasteiger partial charge in [0.2, 0.25) is 5.91 Å². The zero-order valence-electron chi connectivity index (χ0n) is 22.0. The average Bonchev–Trinajstić information content (AvgIpc) is 3.61. The lowest BCUT2D eigenvalue weighted by Gasteiger charge is -2.23. The van der Waals surface area contributed by atoms with Crippen molar-refractivity contribution < 1.29 is 14.3 Å². The van der Waals surface area contributed by atoms with Gasteiger partial charge in [-0.2, -0.15) is 5.10 Å². The highest BCUT2D eigenvalue weighted by atomic mass is 32.1. The number of thiazole rings is 1. The highest BCUT2D eigenvalue weighted by Gasteiger charge is 2.21. The Labute approximate surface area is 230 Å². The fourth-order valence-electron chi connectivity index (χ4n) is 5.15. The van der Waals surface area contributed by atoms with Crippen molar-refractivity contribution in [3.05, 3.63) is 47.9 Å². The maximum atomic E-state index is 13.3. The molecule has 2 aliphatic heterocycles. The predicted molar refractivity (Wildman–Crippen MR) is 149 cm³/mol. The van der Waals surface area contributed by atoms with Gasteiger partial charge in [-0.25, -0.2) is 9.50 Å². The number of amides is 2. The fraction of sp³-hybridized carbons (Fsp3) is 0.444. The van der Waals surface area contributed by atoms with Gasteiger partial charge in [0.05, 0.1) is 64.9 Å². The van der Waals surface area contributed by atoms with E-state index >= 15 is 0 Å². The summed E-state index contributed by atoms with van der Waals surface area (Å²) in [5.74, 6) is 0.546.